The number of fused-ring (bicyclic) bond motifs is 10. The summed E-state index contributed by atoms with van der Waals surface area (Å²) in [6.45, 7) is 11.4. The van der Waals surface area contributed by atoms with Crippen molar-refractivity contribution < 1.29 is 23.0 Å². The number of rotatable bonds is 2. The van der Waals surface area contributed by atoms with Gasteiger partial charge in [-0.25, -0.2) is 0 Å². The maximum Gasteiger partial charge on any atom is 0.136 e. The molecule has 10 aromatic rings. The van der Waals surface area contributed by atoms with E-state index < -0.39 is 0 Å². The van der Waals surface area contributed by atoms with Crippen molar-refractivity contribution in [2.45, 2.75) is 45.4 Å². The van der Waals surface area contributed by atoms with Crippen molar-refractivity contribution in [3.8, 4) is 44.5 Å². The van der Waals surface area contributed by atoms with Gasteiger partial charge >= 0.3 is 0 Å². The summed E-state index contributed by atoms with van der Waals surface area (Å²) < 4.78 is 8.70. The van der Waals surface area contributed by atoms with Crippen LogP contribution in [0.15, 0.2) is 160 Å². The van der Waals surface area contributed by atoms with Crippen LogP contribution in [-0.2, 0) is 29.4 Å². The molecule has 3 heteroatoms. The van der Waals surface area contributed by atoms with Gasteiger partial charge in [-0.05, 0) is 140 Å². The molecule has 1 radical (unpaired) electrons. The van der Waals surface area contributed by atoms with Gasteiger partial charge in [-0.1, -0.05) is 172 Å². The van der Waals surface area contributed by atoms with Crippen molar-refractivity contribution in [3.05, 3.63) is 178 Å². The standard InChI is InChI=1S/C52H36O.C3H5I.V/c1-51(2)42-11-7-5-9-35(42)40-25-30(17-23-44(40)51)31-15-21-38-46(27-31)53-47-28-33-16-20-37-34(19-13-29-14-22-39(50(38)47)49(33)48(29)37)32-18-24-45-41(26-32)36-10-6-8-12-43(36)52(45,3)4;1-2-3-4;/h5-28H,1-4H3;2-3H,1H3;/b;3-2-;. The summed E-state index contributed by atoms with van der Waals surface area (Å²) in [5.74, 6) is 0. The van der Waals surface area contributed by atoms with Crippen molar-refractivity contribution in [2.75, 3.05) is 0 Å². The Hall–Kier alpha value is -5.13. The van der Waals surface area contributed by atoms with E-state index in [0.717, 1.165) is 16.6 Å². The maximum atomic E-state index is 6.73. The number of halogens is 1. The molecule has 0 saturated carbocycles. The normalized spacial score (nSPS) is 14.4. The molecular weight excluding hydrogens is 854 g/mol. The van der Waals surface area contributed by atoms with Gasteiger partial charge in [-0.15, -0.1) is 0 Å². The van der Waals surface area contributed by atoms with Crippen LogP contribution < -0.4 is 0 Å². The number of hydrogen-bond acceptors (Lipinski definition) is 1. The fraction of sp³-hybridized carbons (Fsp3) is 0.127. The van der Waals surface area contributed by atoms with Crippen molar-refractivity contribution in [1.29, 1.82) is 0 Å². The fourth-order valence-electron chi connectivity index (χ4n) is 10.4. The molecule has 0 unspecified atom stereocenters. The minimum absolute atomic E-state index is 0. The van der Waals surface area contributed by atoms with Crippen molar-refractivity contribution in [1.82, 2.24) is 0 Å². The van der Waals surface area contributed by atoms with E-state index in [1.54, 1.807) is 0 Å². The molecular formula is C55H41IOV. The quantitative estimate of drug-likeness (QED) is 0.124. The van der Waals surface area contributed by atoms with E-state index in [9.17, 15) is 0 Å². The summed E-state index contributed by atoms with van der Waals surface area (Å²) in [5.41, 5.74) is 17.8. The molecule has 2 aliphatic carbocycles. The topological polar surface area (TPSA) is 13.1 Å². The van der Waals surface area contributed by atoms with Gasteiger partial charge in [-0.3, -0.25) is 0 Å². The first-order valence-corrected chi connectivity index (χ1v) is 21.2. The van der Waals surface area contributed by atoms with Crippen LogP contribution in [0.1, 0.15) is 56.9 Å². The van der Waals surface area contributed by atoms with Crippen LogP contribution in [0.3, 0.4) is 0 Å². The zero-order chi connectivity index (χ0) is 38.8. The average Bonchev–Trinajstić information content (AvgIpc) is 3.81. The molecule has 12 rings (SSSR count). The van der Waals surface area contributed by atoms with E-state index >= 15 is 0 Å². The third-order valence-corrected chi connectivity index (χ3v) is 13.9. The molecule has 1 aromatic heterocycles. The van der Waals surface area contributed by atoms with E-state index in [1.165, 1.54) is 104 Å². The fourth-order valence-corrected chi connectivity index (χ4v) is 10.4. The van der Waals surface area contributed by atoms with Crippen molar-refractivity contribution in [3.63, 3.8) is 0 Å². The Labute approximate surface area is 365 Å². The Balaban J connectivity index is 0.000000783. The molecule has 1 nitrogen and oxygen atoms in total. The van der Waals surface area contributed by atoms with Crippen LogP contribution in [0.5, 0.6) is 0 Å². The molecule has 0 bridgehead atoms. The molecule has 0 saturated heterocycles. The number of furan rings is 1. The molecule has 0 amide bonds. The van der Waals surface area contributed by atoms with E-state index in [4.69, 9.17) is 4.42 Å². The molecule has 0 atom stereocenters. The molecule has 58 heavy (non-hydrogen) atoms. The SMILES string of the molecule is C/C=C\I.CC1(C)c2ccccc2-c2cc(-c3ccc4c(c3)oc3cc5ccc6c(-c7ccc8c(c7)-c7ccccc7C8(C)C)ccc7ccc(c34)c5c76)ccc21.[V]. The minimum atomic E-state index is -0.00282. The summed E-state index contributed by atoms with van der Waals surface area (Å²) in [6.07, 6.45) is 1.99. The van der Waals surface area contributed by atoms with E-state index in [0.29, 0.717) is 0 Å². The zero-order valence-electron chi connectivity index (χ0n) is 33.2. The second-order valence-corrected chi connectivity index (χ2v) is 17.6. The maximum absolute atomic E-state index is 6.73. The molecule has 2 aliphatic rings. The molecule has 1 heterocycles. The van der Waals surface area contributed by atoms with Gasteiger partial charge in [0, 0.05) is 40.2 Å². The molecule has 279 valence electrons. The summed E-state index contributed by atoms with van der Waals surface area (Å²) in [5, 5.41) is 10.0. The van der Waals surface area contributed by atoms with Gasteiger partial charge in [-0.2, -0.15) is 0 Å². The van der Waals surface area contributed by atoms with Gasteiger partial charge < -0.3 is 4.42 Å². The molecule has 0 fully saturated rings. The molecule has 0 aliphatic heterocycles. The first kappa shape index (κ1) is 37.2. The number of hydrogen-bond donors (Lipinski definition) is 0. The summed E-state index contributed by atoms with van der Waals surface area (Å²) in [4.78, 5) is 0. The van der Waals surface area contributed by atoms with Crippen LogP contribution in [0, 0.1) is 0 Å². The van der Waals surface area contributed by atoms with Gasteiger partial charge in [0.05, 0.1) is 0 Å². The van der Waals surface area contributed by atoms with Crippen LogP contribution in [0.25, 0.3) is 98.8 Å². The Bertz CT molecular complexity index is 3320. The zero-order valence-corrected chi connectivity index (χ0v) is 36.8. The Morgan fingerprint density at radius 2 is 0.931 bits per heavy atom. The summed E-state index contributed by atoms with van der Waals surface area (Å²) >= 11 is 2.17. The Morgan fingerprint density at radius 3 is 1.60 bits per heavy atom. The third kappa shape index (κ3) is 5.21. The average molecular weight is 896 g/mol. The van der Waals surface area contributed by atoms with E-state index in [-0.39, 0.29) is 29.4 Å². The van der Waals surface area contributed by atoms with E-state index in [1.807, 2.05) is 17.1 Å². The van der Waals surface area contributed by atoms with Gasteiger partial charge in [0.25, 0.3) is 0 Å². The largest absolute Gasteiger partial charge is 0.456 e. The Kier molecular flexibility index (Phi) is 8.62. The van der Waals surface area contributed by atoms with Gasteiger partial charge in [0.2, 0.25) is 0 Å². The van der Waals surface area contributed by atoms with Crippen LogP contribution in [0.4, 0.5) is 0 Å². The summed E-state index contributed by atoms with van der Waals surface area (Å²) in [7, 11) is 0. The van der Waals surface area contributed by atoms with Crippen LogP contribution in [-0.4, -0.2) is 0 Å². The second kappa shape index (κ2) is 13.5. The summed E-state index contributed by atoms with van der Waals surface area (Å²) in [6, 6.07) is 54.8. The van der Waals surface area contributed by atoms with Crippen molar-refractivity contribution in [2.24, 2.45) is 0 Å². The van der Waals surface area contributed by atoms with Crippen molar-refractivity contribution >= 4 is 76.8 Å². The smallest absolute Gasteiger partial charge is 0.136 e. The number of allylic oxidation sites excluding steroid dienone is 1. The monoisotopic (exact) mass is 895 g/mol. The van der Waals surface area contributed by atoms with Gasteiger partial charge in [0.15, 0.2) is 0 Å². The van der Waals surface area contributed by atoms with Crippen LogP contribution in [0.2, 0.25) is 0 Å². The van der Waals surface area contributed by atoms with Crippen LogP contribution >= 0.6 is 22.6 Å². The van der Waals surface area contributed by atoms with E-state index in [2.05, 4.69) is 196 Å². The minimum Gasteiger partial charge on any atom is -0.456 e. The molecule has 0 N–H and O–H groups in total. The second-order valence-electron chi connectivity index (χ2n) is 16.9. The number of benzene rings is 9. The van der Waals surface area contributed by atoms with Gasteiger partial charge in [0.1, 0.15) is 11.2 Å². The molecule has 9 aromatic carbocycles. The predicted octanol–water partition coefficient (Wildman–Crippen LogP) is 16.4. The predicted molar refractivity (Wildman–Crippen MR) is 252 cm³/mol. The first-order chi connectivity index (χ1) is 27.7. The molecule has 0 spiro atoms. The first-order valence-electron chi connectivity index (χ1n) is 20.0. The third-order valence-electron chi connectivity index (χ3n) is 13.2. The Morgan fingerprint density at radius 1 is 0.431 bits per heavy atom.